The van der Waals surface area contributed by atoms with Crippen molar-refractivity contribution in [2.45, 2.75) is 45.3 Å². The highest BCUT2D eigenvalue weighted by Crippen LogP contribution is 2.35. The topological polar surface area (TPSA) is 124 Å². The summed E-state index contributed by atoms with van der Waals surface area (Å²) in [5.74, 6) is 0.587. The molecule has 0 spiro atoms. The summed E-state index contributed by atoms with van der Waals surface area (Å²) < 4.78 is 26.3. The Hall–Kier alpha value is -1.93. The number of β-amino-alcohol motifs (C(OH)–C–C–N with tert-alkyl or cyclic N) is 1. The maximum absolute atomic E-state index is 11.7. The number of fused-ring (bicyclic) bond motifs is 1. The molecule has 29 heavy (non-hydrogen) atoms. The van der Waals surface area contributed by atoms with Crippen molar-refractivity contribution < 1.29 is 13.5 Å². The van der Waals surface area contributed by atoms with Gasteiger partial charge in [-0.15, -0.1) is 5.10 Å². The van der Waals surface area contributed by atoms with Crippen LogP contribution in [0.1, 0.15) is 44.4 Å². The average Bonchev–Trinajstić information content (AvgIpc) is 2.93. The molecule has 3 rings (SSSR count). The van der Waals surface area contributed by atoms with E-state index in [9.17, 15) is 18.8 Å². The van der Waals surface area contributed by atoms with E-state index in [2.05, 4.69) is 35.3 Å². The molecule has 2 aromatic heterocycles. The lowest BCUT2D eigenvalue weighted by Crippen LogP contribution is -2.51. The van der Waals surface area contributed by atoms with Gasteiger partial charge in [0, 0.05) is 19.0 Å². The molecule has 0 aliphatic carbocycles. The number of aliphatic hydroxyl groups excluding tert-OH is 1. The molecule has 9 nitrogen and oxygen atoms in total. The molecule has 1 aliphatic heterocycles. The molecule has 1 saturated heterocycles. The first-order chi connectivity index (χ1) is 13.5. The van der Waals surface area contributed by atoms with Crippen molar-refractivity contribution in [3.8, 4) is 6.07 Å². The Morgan fingerprint density at radius 1 is 1.41 bits per heavy atom. The number of hydrogen-bond acceptors (Lipinski definition) is 7. The van der Waals surface area contributed by atoms with Crippen LogP contribution < -0.4 is 5.32 Å². The van der Waals surface area contributed by atoms with Crippen molar-refractivity contribution in [2.75, 3.05) is 24.7 Å². The number of anilines is 1. The van der Waals surface area contributed by atoms with Crippen LogP contribution in [0.4, 0.5) is 5.95 Å². The summed E-state index contributed by atoms with van der Waals surface area (Å²) in [5.41, 5.74) is 1.66. The summed E-state index contributed by atoms with van der Waals surface area (Å²) in [4.78, 5) is 4.28. The normalized spacial score (nSPS) is 22.0. The fourth-order valence-electron chi connectivity index (χ4n) is 3.48. The number of nitriles is 1. The van der Waals surface area contributed by atoms with E-state index in [-0.39, 0.29) is 24.3 Å². The molecule has 0 aromatic carbocycles. The number of nitrogens with zero attached hydrogens (tertiary/aromatic N) is 5. The first kappa shape index (κ1) is 21.8. The van der Waals surface area contributed by atoms with E-state index in [1.54, 1.807) is 10.7 Å². The van der Waals surface area contributed by atoms with Crippen molar-refractivity contribution in [1.29, 1.82) is 5.26 Å². The van der Waals surface area contributed by atoms with Gasteiger partial charge in [-0.3, -0.25) is 0 Å². The highest BCUT2D eigenvalue weighted by Gasteiger charge is 2.32. The fourth-order valence-corrected chi connectivity index (χ4v) is 4.61. The molecule has 2 N–H and O–H groups in total. The van der Waals surface area contributed by atoms with E-state index < -0.39 is 22.2 Å². The van der Waals surface area contributed by atoms with Gasteiger partial charge in [0.25, 0.3) is 0 Å². The second-order valence-electron chi connectivity index (χ2n) is 7.83. The Kier molecular flexibility index (Phi) is 6.06. The summed E-state index contributed by atoms with van der Waals surface area (Å²) in [6.07, 6.45) is 2.20. The largest absolute Gasteiger partial charge is 0.390 e. The smallest absolute Gasteiger partial charge is 0.241 e. The molecule has 158 valence electrons. The highest BCUT2D eigenvalue weighted by atomic mass is 35.5. The summed E-state index contributed by atoms with van der Waals surface area (Å²) in [6, 6.07) is 1.78. The molecular weight excluding hydrogens is 416 g/mol. The molecule has 0 saturated carbocycles. The molecule has 3 atom stereocenters. The van der Waals surface area contributed by atoms with Crippen molar-refractivity contribution in [3.05, 3.63) is 22.5 Å². The van der Waals surface area contributed by atoms with Crippen molar-refractivity contribution in [1.82, 2.24) is 18.9 Å². The molecule has 2 aromatic rings. The van der Waals surface area contributed by atoms with Gasteiger partial charge in [0.05, 0.1) is 40.9 Å². The van der Waals surface area contributed by atoms with Crippen LogP contribution in [0.15, 0.2) is 6.20 Å². The summed E-state index contributed by atoms with van der Waals surface area (Å²) in [7, 11) is -3.35. The molecule has 0 bridgehead atoms. The van der Waals surface area contributed by atoms with Gasteiger partial charge in [0.15, 0.2) is 0 Å². The van der Waals surface area contributed by atoms with Gasteiger partial charge in [-0.25, -0.2) is 17.9 Å². The summed E-state index contributed by atoms with van der Waals surface area (Å²) >= 11 is 6.39. The lowest BCUT2D eigenvalue weighted by molar-refractivity contribution is 0.0950. The molecule has 0 radical (unpaired) electrons. The minimum Gasteiger partial charge on any atom is -0.390 e. The molecule has 3 heterocycles. The lowest BCUT2D eigenvalue weighted by atomic mass is 9.93. The van der Waals surface area contributed by atoms with Crippen LogP contribution in [-0.4, -0.2) is 63.9 Å². The standard InChI is InChI=1S/C18H25ClN6O3S/c1-10(2)11(3)17-12(7-20)16(19)14-8-21-18(23-25(14)17)22-13-5-6-24(9-15(13)26)29(4,27)28/h8,10-11,13,15,26H,5-6,9H2,1-4H3,(H,22,23)/t11?,13-,15+/m0/s1. The van der Waals surface area contributed by atoms with Gasteiger partial charge in [0.2, 0.25) is 16.0 Å². The predicted octanol–water partition coefficient (Wildman–Crippen LogP) is 1.82. The Morgan fingerprint density at radius 3 is 2.66 bits per heavy atom. The van der Waals surface area contributed by atoms with Crippen LogP contribution in [-0.2, 0) is 10.0 Å². The quantitative estimate of drug-likeness (QED) is 0.726. The van der Waals surface area contributed by atoms with E-state index >= 15 is 0 Å². The van der Waals surface area contributed by atoms with Gasteiger partial charge in [-0.05, 0) is 12.3 Å². The van der Waals surface area contributed by atoms with Crippen LogP contribution in [0.25, 0.3) is 5.52 Å². The number of hydrogen-bond donors (Lipinski definition) is 2. The van der Waals surface area contributed by atoms with Crippen molar-refractivity contribution >= 4 is 33.1 Å². The van der Waals surface area contributed by atoms with Crippen LogP contribution in [0.2, 0.25) is 5.02 Å². The third-order valence-electron chi connectivity index (χ3n) is 5.53. The third-order valence-corrected chi connectivity index (χ3v) is 7.18. The Balaban J connectivity index is 1.92. The van der Waals surface area contributed by atoms with Gasteiger partial charge in [0.1, 0.15) is 11.6 Å². The lowest BCUT2D eigenvalue weighted by Gasteiger charge is -2.34. The van der Waals surface area contributed by atoms with Crippen LogP contribution in [0, 0.1) is 17.2 Å². The summed E-state index contributed by atoms with van der Waals surface area (Å²) in [5, 5.41) is 27.9. The van der Waals surface area contributed by atoms with E-state index in [0.29, 0.717) is 29.1 Å². The van der Waals surface area contributed by atoms with Crippen molar-refractivity contribution in [3.63, 3.8) is 0 Å². The first-order valence-electron chi connectivity index (χ1n) is 9.41. The molecule has 1 fully saturated rings. The molecule has 1 aliphatic rings. The zero-order valence-corrected chi connectivity index (χ0v) is 18.4. The maximum Gasteiger partial charge on any atom is 0.241 e. The van der Waals surface area contributed by atoms with Crippen LogP contribution in [0.3, 0.4) is 0 Å². The number of sulfonamides is 1. The van der Waals surface area contributed by atoms with E-state index in [0.717, 1.165) is 11.9 Å². The van der Waals surface area contributed by atoms with E-state index in [1.165, 1.54) is 4.31 Å². The Labute approximate surface area is 175 Å². The van der Waals surface area contributed by atoms with Crippen LogP contribution in [0.5, 0.6) is 0 Å². The highest BCUT2D eigenvalue weighted by molar-refractivity contribution is 7.88. The fraction of sp³-hybridized carbons (Fsp3) is 0.611. The van der Waals surface area contributed by atoms with E-state index in [4.69, 9.17) is 11.6 Å². The van der Waals surface area contributed by atoms with Gasteiger partial charge >= 0.3 is 0 Å². The van der Waals surface area contributed by atoms with Crippen molar-refractivity contribution in [2.24, 2.45) is 5.92 Å². The van der Waals surface area contributed by atoms with Gasteiger partial charge < -0.3 is 10.4 Å². The van der Waals surface area contributed by atoms with Gasteiger partial charge in [-0.1, -0.05) is 32.4 Å². The van der Waals surface area contributed by atoms with Gasteiger partial charge in [-0.2, -0.15) is 9.57 Å². The number of piperidine rings is 1. The molecule has 0 amide bonds. The first-order valence-corrected chi connectivity index (χ1v) is 11.6. The number of nitrogens with one attached hydrogen (secondary N) is 1. The zero-order chi connectivity index (χ0) is 21.5. The third kappa shape index (κ3) is 4.19. The monoisotopic (exact) mass is 440 g/mol. The SMILES string of the molecule is CC(C)C(C)c1c(C#N)c(Cl)c2cnc(N[C@H]3CCN(S(C)(=O)=O)C[C@H]3O)nn12. The number of halogens is 1. The second-order valence-corrected chi connectivity index (χ2v) is 10.2. The second kappa shape index (κ2) is 8.07. The number of aliphatic hydroxyl groups is 1. The maximum atomic E-state index is 11.7. The van der Waals surface area contributed by atoms with Crippen LogP contribution >= 0.6 is 11.6 Å². The van der Waals surface area contributed by atoms with E-state index in [1.807, 2.05) is 6.92 Å². The minimum absolute atomic E-state index is 0.0162. The Bertz CT molecular complexity index is 1060. The molecule has 11 heteroatoms. The zero-order valence-electron chi connectivity index (χ0n) is 16.8. The molecule has 1 unspecified atom stereocenters. The number of aromatic nitrogens is 3. The molecular formula is C18H25ClN6O3S. The Morgan fingerprint density at radius 2 is 2.10 bits per heavy atom. The summed E-state index contributed by atoms with van der Waals surface area (Å²) in [6.45, 7) is 6.46. The predicted molar refractivity (Wildman–Crippen MR) is 110 cm³/mol. The minimum atomic E-state index is -3.35. The number of rotatable bonds is 5. The average molecular weight is 441 g/mol.